The Kier molecular flexibility index (Phi) is 4.42. The number of amides is 2. The van der Waals surface area contributed by atoms with Gasteiger partial charge in [0.05, 0.1) is 6.04 Å². The molecule has 3 heterocycles. The first-order valence-corrected chi connectivity index (χ1v) is 8.11. The molecule has 1 aliphatic heterocycles. The molecule has 2 aromatic heterocycles. The SMILES string of the molecule is Cc1ccc(C2CC(C)CCN2C(=O)Nc2nccn(C)c2=O)o1. The second kappa shape index (κ2) is 6.51. The number of nitrogens with one attached hydrogen (secondary N) is 1. The Morgan fingerprint density at radius 2 is 2.21 bits per heavy atom. The molecule has 1 aliphatic rings. The highest BCUT2D eigenvalue weighted by atomic mass is 16.3. The van der Waals surface area contributed by atoms with Gasteiger partial charge >= 0.3 is 6.03 Å². The van der Waals surface area contributed by atoms with Gasteiger partial charge in [-0.1, -0.05) is 6.92 Å². The molecule has 2 unspecified atom stereocenters. The van der Waals surface area contributed by atoms with Gasteiger partial charge in [0.1, 0.15) is 11.5 Å². The third-order valence-electron chi connectivity index (χ3n) is 4.46. The predicted octanol–water partition coefficient (Wildman–Crippen LogP) is 2.69. The van der Waals surface area contributed by atoms with Gasteiger partial charge in [0.25, 0.3) is 5.56 Å². The van der Waals surface area contributed by atoms with Gasteiger partial charge in [0.15, 0.2) is 0 Å². The third-order valence-corrected chi connectivity index (χ3v) is 4.46. The van der Waals surface area contributed by atoms with E-state index in [1.54, 1.807) is 18.1 Å². The first-order valence-electron chi connectivity index (χ1n) is 8.11. The summed E-state index contributed by atoms with van der Waals surface area (Å²) in [5.41, 5.74) is -0.332. The molecule has 1 N–H and O–H groups in total. The summed E-state index contributed by atoms with van der Waals surface area (Å²) in [6.07, 6.45) is 4.79. The lowest BCUT2D eigenvalue weighted by Gasteiger charge is -2.37. The van der Waals surface area contributed by atoms with Crippen molar-refractivity contribution >= 4 is 11.8 Å². The van der Waals surface area contributed by atoms with Crippen molar-refractivity contribution in [3.63, 3.8) is 0 Å². The molecule has 7 heteroatoms. The first kappa shape index (κ1) is 16.3. The second-order valence-corrected chi connectivity index (χ2v) is 6.41. The van der Waals surface area contributed by atoms with E-state index in [0.717, 1.165) is 24.4 Å². The molecule has 2 aromatic rings. The number of hydrogen-bond donors (Lipinski definition) is 1. The number of carbonyl (C=O) groups excluding carboxylic acids is 1. The standard InChI is InChI=1S/C17H22N4O3/c1-11-6-8-21(13(10-11)14-5-4-12(2)24-14)17(23)19-15-16(22)20(3)9-7-18-15/h4-5,7,9,11,13H,6,8,10H2,1-3H3,(H,18,19,23). The fraction of sp³-hybridized carbons (Fsp3) is 0.471. The number of piperidine rings is 1. The molecule has 0 aliphatic carbocycles. The largest absolute Gasteiger partial charge is 0.464 e. The van der Waals surface area contributed by atoms with Gasteiger partial charge in [-0.2, -0.15) is 0 Å². The van der Waals surface area contributed by atoms with E-state index in [9.17, 15) is 9.59 Å². The highest BCUT2D eigenvalue weighted by Gasteiger charge is 2.33. The van der Waals surface area contributed by atoms with E-state index in [-0.39, 0.29) is 23.5 Å². The average molecular weight is 330 g/mol. The second-order valence-electron chi connectivity index (χ2n) is 6.41. The zero-order chi connectivity index (χ0) is 17.3. The summed E-state index contributed by atoms with van der Waals surface area (Å²) in [5.74, 6) is 2.15. The van der Waals surface area contributed by atoms with Gasteiger partial charge < -0.3 is 13.9 Å². The van der Waals surface area contributed by atoms with Gasteiger partial charge in [0.2, 0.25) is 5.82 Å². The smallest absolute Gasteiger partial charge is 0.323 e. The van der Waals surface area contributed by atoms with Crippen LogP contribution in [0.3, 0.4) is 0 Å². The minimum atomic E-state index is -0.332. The predicted molar refractivity (Wildman–Crippen MR) is 89.8 cm³/mol. The summed E-state index contributed by atoms with van der Waals surface area (Å²) < 4.78 is 7.12. The molecule has 3 rings (SSSR count). The van der Waals surface area contributed by atoms with Crippen molar-refractivity contribution < 1.29 is 9.21 Å². The van der Waals surface area contributed by atoms with Crippen molar-refractivity contribution in [2.45, 2.75) is 32.7 Å². The van der Waals surface area contributed by atoms with Gasteiger partial charge in [-0.15, -0.1) is 0 Å². The summed E-state index contributed by atoms with van der Waals surface area (Å²) in [5, 5.41) is 2.64. The molecule has 0 bridgehead atoms. The van der Waals surface area contributed by atoms with Gasteiger partial charge in [-0.25, -0.2) is 9.78 Å². The summed E-state index contributed by atoms with van der Waals surface area (Å²) in [4.78, 5) is 30.5. The highest BCUT2D eigenvalue weighted by Crippen LogP contribution is 2.35. The highest BCUT2D eigenvalue weighted by molar-refractivity contribution is 5.88. The number of rotatable bonds is 2. The Morgan fingerprint density at radius 3 is 2.92 bits per heavy atom. The third kappa shape index (κ3) is 3.20. The zero-order valence-corrected chi connectivity index (χ0v) is 14.2. The van der Waals surface area contributed by atoms with Crippen LogP contribution in [-0.4, -0.2) is 27.0 Å². The van der Waals surface area contributed by atoms with Crippen LogP contribution in [0.4, 0.5) is 10.6 Å². The Hall–Kier alpha value is -2.57. The van der Waals surface area contributed by atoms with Crippen LogP contribution in [0, 0.1) is 12.8 Å². The van der Waals surface area contributed by atoms with Crippen LogP contribution in [-0.2, 0) is 7.05 Å². The number of hydrogen-bond acceptors (Lipinski definition) is 4. The average Bonchev–Trinajstić information content (AvgIpc) is 2.98. The Balaban J connectivity index is 1.83. The van der Waals surface area contributed by atoms with E-state index >= 15 is 0 Å². The van der Waals surface area contributed by atoms with Crippen LogP contribution in [0.25, 0.3) is 0 Å². The van der Waals surface area contributed by atoms with Gasteiger partial charge in [-0.3, -0.25) is 10.1 Å². The Labute approximate surface area is 140 Å². The normalized spacial score (nSPS) is 20.9. The molecule has 0 aromatic carbocycles. The molecule has 0 radical (unpaired) electrons. The molecule has 1 saturated heterocycles. The van der Waals surface area contributed by atoms with E-state index in [2.05, 4.69) is 17.2 Å². The zero-order valence-electron chi connectivity index (χ0n) is 14.2. The maximum Gasteiger partial charge on any atom is 0.323 e. The molecule has 1 fully saturated rings. The summed E-state index contributed by atoms with van der Waals surface area (Å²) in [6, 6.07) is 3.36. The molecule has 2 amide bonds. The lowest BCUT2D eigenvalue weighted by atomic mass is 9.91. The number of anilines is 1. The van der Waals surface area contributed by atoms with Crippen LogP contribution in [0.15, 0.2) is 33.7 Å². The maximum absolute atomic E-state index is 12.7. The first-order chi connectivity index (χ1) is 11.5. The number of likely N-dealkylation sites (tertiary alicyclic amines) is 1. The summed E-state index contributed by atoms with van der Waals surface area (Å²) in [7, 11) is 1.62. The Bertz CT molecular complexity index is 795. The quantitative estimate of drug-likeness (QED) is 0.918. The monoisotopic (exact) mass is 330 g/mol. The minimum absolute atomic E-state index is 0.0398. The number of aromatic nitrogens is 2. The maximum atomic E-state index is 12.7. The van der Waals surface area contributed by atoms with Crippen LogP contribution in [0.2, 0.25) is 0 Å². The number of aryl methyl sites for hydroxylation is 2. The fourth-order valence-electron chi connectivity index (χ4n) is 3.04. The lowest BCUT2D eigenvalue weighted by molar-refractivity contribution is 0.128. The van der Waals surface area contributed by atoms with Crippen molar-refractivity contribution in [2.24, 2.45) is 13.0 Å². The number of nitrogens with zero attached hydrogens (tertiary/aromatic N) is 3. The van der Waals surface area contributed by atoms with Crippen LogP contribution >= 0.6 is 0 Å². The number of urea groups is 1. The van der Waals surface area contributed by atoms with Gasteiger partial charge in [-0.05, 0) is 37.8 Å². The molecule has 24 heavy (non-hydrogen) atoms. The molecule has 7 nitrogen and oxygen atoms in total. The van der Waals surface area contributed by atoms with Gasteiger partial charge in [0, 0.05) is 26.0 Å². The van der Waals surface area contributed by atoms with Crippen molar-refractivity contribution in [3.05, 3.63) is 46.4 Å². The van der Waals surface area contributed by atoms with E-state index in [0.29, 0.717) is 12.5 Å². The molecule has 0 saturated carbocycles. The minimum Gasteiger partial charge on any atom is -0.464 e. The Morgan fingerprint density at radius 1 is 1.42 bits per heavy atom. The van der Waals surface area contributed by atoms with Crippen molar-refractivity contribution in [1.82, 2.24) is 14.5 Å². The van der Waals surface area contributed by atoms with Crippen molar-refractivity contribution in [2.75, 3.05) is 11.9 Å². The number of furan rings is 1. The van der Waals surface area contributed by atoms with E-state index < -0.39 is 0 Å². The topological polar surface area (TPSA) is 80.4 Å². The number of carbonyl (C=O) groups is 1. The van der Waals surface area contributed by atoms with Crippen LogP contribution in [0.5, 0.6) is 0 Å². The van der Waals surface area contributed by atoms with E-state index in [1.165, 1.54) is 10.8 Å². The molecular weight excluding hydrogens is 308 g/mol. The van der Waals surface area contributed by atoms with Crippen LogP contribution in [0.1, 0.15) is 37.3 Å². The summed E-state index contributed by atoms with van der Waals surface area (Å²) >= 11 is 0. The molecule has 128 valence electrons. The van der Waals surface area contributed by atoms with Crippen molar-refractivity contribution in [1.29, 1.82) is 0 Å². The lowest BCUT2D eigenvalue weighted by Crippen LogP contribution is -2.43. The summed E-state index contributed by atoms with van der Waals surface area (Å²) in [6.45, 7) is 4.68. The molecule has 0 spiro atoms. The van der Waals surface area contributed by atoms with E-state index in [4.69, 9.17) is 4.42 Å². The van der Waals surface area contributed by atoms with Crippen molar-refractivity contribution in [3.8, 4) is 0 Å². The van der Waals surface area contributed by atoms with E-state index in [1.807, 2.05) is 19.1 Å². The van der Waals surface area contributed by atoms with Crippen LogP contribution < -0.4 is 10.9 Å². The molecule has 2 atom stereocenters. The molecular formula is C17H22N4O3. The fourth-order valence-corrected chi connectivity index (χ4v) is 3.04.